The van der Waals surface area contributed by atoms with Crippen LogP contribution in [0.2, 0.25) is 0 Å². The van der Waals surface area contributed by atoms with Crippen molar-refractivity contribution >= 4 is 0 Å². The van der Waals surface area contributed by atoms with Gasteiger partial charge in [-0.05, 0) is 44.0 Å². The van der Waals surface area contributed by atoms with Crippen LogP contribution >= 0.6 is 0 Å². The van der Waals surface area contributed by atoms with E-state index in [0.29, 0.717) is 12.5 Å². The number of rotatable bonds is 7. The van der Waals surface area contributed by atoms with E-state index in [0.717, 1.165) is 36.9 Å². The van der Waals surface area contributed by atoms with Crippen molar-refractivity contribution < 1.29 is 4.42 Å². The standard InChI is InChI=1S/C15H26N2O/c1-4-8-17(5-2)13(10-16)15-7-6-14(18-15)12-9-11(12)3/h6-7,11-13H,4-5,8-10,16H2,1-3H3. The Kier molecular flexibility index (Phi) is 4.46. The van der Waals surface area contributed by atoms with Crippen LogP contribution in [0.3, 0.4) is 0 Å². The van der Waals surface area contributed by atoms with Crippen molar-refractivity contribution in [2.75, 3.05) is 19.6 Å². The minimum absolute atomic E-state index is 0.234. The Hall–Kier alpha value is -0.800. The topological polar surface area (TPSA) is 42.4 Å². The summed E-state index contributed by atoms with van der Waals surface area (Å²) in [7, 11) is 0. The minimum Gasteiger partial charge on any atom is -0.464 e. The van der Waals surface area contributed by atoms with Crippen molar-refractivity contribution in [3.8, 4) is 0 Å². The molecule has 3 unspecified atom stereocenters. The number of hydrogen-bond donors (Lipinski definition) is 1. The molecule has 102 valence electrons. The maximum Gasteiger partial charge on any atom is 0.122 e. The lowest BCUT2D eigenvalue weighted by atomic mass is 10.2. The number of likely N-dealkylation sites (N-methyl/N-ethyl adjacent to an activating group) is 1. The summed E-state index contributed by atoms with van der Waals surface area (Å²) in [6.45, 7) is 9.39. The summed E-state index contributed by atoms with van der Waals surface area (Å²) in [5.74, 6) is 3.64. The van der Waals surface area contributed by atoms with Gasteiger partial charge < -0.3 is 10.2 Å². The molecule has 1 aromatic heterocycles. The van der Waals surface area contributed by atoms with Gasteiger partial charge in [-0.3, -0.25) is 4.90 Å². The van der Waals surface area contributed by atoms with Gasteiger partial charge in [0.25, 0.3) is 0 Å². The van der Waals surface area contributed by atoms with Gasteiger partial charge in [0.05, 0.1) is 6.04 Å². The van der Waals surface area contributed by atoms with Crippen molar-refractivity contribution in [2.45, 2.75) is 45.6 Å². The van der Waals surface area contributed by atoms with Crippen molar-refractivity contribution in [2.24, 2.45) is 11.7 Å². The lowest BCUT2D eigenvalue weighted by Gasteiger charge is -2.27. The molecule has 0 spiro atoms. The first-order valence-electron chi connectivity index (χ1n) is 7.24. The summed E-state index contributed by atoms with van der Waals surface area (Å²) in [4.78, 5) is 2.40. The van der Waals surface area contributed by atoms with Gasteiger partial charge in [0.1, 0.15) is 11.5 Å². The molecule has 1 aromatic rings. The van der Waals surface area contributed by atoms with Gasteiger partial charge in [-0.2, -0.15) is 0 Å². The fourth-order valence-corrected chi connectivity index (χ4v) is 2.73. The van der Waals surface area contributed by atoms with Crippen LogP contribution in [0, 0.1) is 5.92 Å². The summed E-state index contributed by atoms with van der Waals surface area (Å²) >= 11 is 0. The van der Waals surface area contributed by atoms with Gasteiger partial charge in [0.2, 0.25) is 0 Å². The van der Waals surface area contributed by atoms with Crippen molar-refractivity contribution in [3.05, 3.63) is 23.7 Å². The quantitative estimate of drug-likeness (QED) is 0.808. The zero-order valence-corrected chi connectivity index (χ0v) is 11.9. The Balaban J connectivity index is 2.08. The number of nitrogens with two attached hydrogens (primary N) is 1. The Morgan fingerprint density at radius 2 is 2.17 bits per heavy atom. The Labute approximate surface area is 110 Å². The van der Waals surface area contributed by atoms with E-state index in [1.54, 1.807) is 0 Å². The summed E-state index contributed by atoms with van der Waals surface area (Å²) in [5.41, 5.74) is 5.94. The van der Waals surface area contributed by atoms with Crippen LogP contribution in [-0.4, -0.2) is 24.5 Å². The molecule has 0 aromatic carbocycles. The first-order chi connectivity index (χ1) is 8.71. The first-order valence-corrected chi connectivity index (χ1v) is 7.24. The molecule has 0 saturated heterocycles. The number of hydrogen-bond acceptors (Lipinski definition) is 3. The second-order valence-electron chi connectivity index (χ2n) is 5.44. The molecule has 1 saturated carbocycles. The maximum atomic E-state index is 6.04. The molecule has 2 rings (SSSR count). The average molecular weight is 250 g/mol. The molecule has 0 amide bonds. The summed E-state index contributed by atoms with van der Waals surface area (Å²) in [5, 5.41) is 0. The van der Waals surface area contributed by atoms with Gasteiger partial charge in [-0.1, -0.05) is 20.8 Å². The Bertz CT molecular complexity index is 374. The lowest BCUT2D eigenvalue weighted by molar-refractivity contribution is 0.186. The minimum atomic E-state index is 0.234. The molecule has 3 nitrogen and oxygen atoms in total. The second-order valence-corrected chi connectivity index (χ2v) is 5.44. The highest BCUT2D eigenvalue weighted by Gasteiger charge is 2.37. The van der Waals surface area contributed by atoms with Crippen LogP contribution < -0.4 is 5.73 Å². The SMILES string of the molecule is CCCN(CC)C(CN)c1ccc(C2CC2C)o1. The molecule has 18 heavy (non-hydrogen) atoms. The zero-order valence-electron chi connectivity index (χ0n) is 11.9. The van der Waals surface area contributed by atoms with Crippen molar-refractivity contribution in [1.29, 1.82) is 0 Å². The third-order valence-electron chi connectivity index (χ3n) is 4.03. The van der Waals surface area contributed by atoms with Crippen LogP contribution in [0.1, 0.15) is 57.1 Å². The van der Waals surface area contributed by atoms with Crippen LogP contribution in [-0.2, 0) is 0 Å². The molecule has 0 bridgehead atoms. The van der Waals surface area contributed by atoms with Crippen LogP contribution in [0.5, 0.6) is 0 Å². The fraction of sp³-hybridized carbons (Fsp3) is 0.733. The van der Waals surface area contributed by atoms with E-state index in [1.807, 2.05) is 0 Å². The predicted octanol–water partition coefficient (Wildman–Crippen LogP) is 3.13. The Morgan fingerprint density at radius 1 is 1.44 bits per heavy atom. The molecule has 3 atom stereocenters. The first kappa shape index (κ1) is 13.6. The van der Waals surface area contributed by atoms with Gasteiger partial charge in [-0.15, -0.1) is 0 Å². The van der Waals surface area contributed by atoms with Gasteiger partial charge in [0, 0.05) is 12.5 Å². The third kappa shape index (κ3) is 2.78. The van der Waals surface area contributed by atoms with E-state index in [1.165, 1.54) is 6.42 Å². The average Bonchev–Trinajstić information content (AvgIpc) is 2.92. The smallest absolute Gasteiger partial charge is 0.122 e. The van der Waals surface area contributed by atoms with Gasteiger partial charge in [0.15, 0.2) is 0 Å². The van der Waals surface area contributed by atoms with E-state index in [9.17, 15) is 0 Å². The fourth-order valence-electron chi connectivity index (χ4n) is 2.73. The summed E-state index contributed by atoms with van der Waals surface area (Å²) in [6.07, 6.45) is 2.42. The maximum absolute atomic E-state index is 6.04. The number of furan rings is 1. The summed E-state index contributed by atoms with van der Waals surface area (Å²) < 4.78 is 6.04. The predicted molar refractivity (Wildman–Crippen MR) is 74.6 cm³/mol. The molecule has 1 aliphatic carbocycles. The summed E-state index contributed by atoms with van der Waals surface area (Å²) in [6, 6.07) is 4.50. The molecule has 0 radical (unpaired) electrons. The lowest BCUT2D eigenvalue weighted by Crippen LogP contribution is -2.34. The molecule has 1 fully saturated rings. The van der Waals surface area contributed by atoms with Crippen LogP contribution in [0.25, 0.3) is 0 Å². The van der Waals surface area contributed by atoms with E-state index in [4.69, 9.17) is 10.2 Å². The van der Waals surface area contributed by atoms with E-state index >= 15 is 0 Å². The molecule has 2 N–H and O–H groups in total. The highest BCUT2D eigenvalue weighted by atomic mass is 16.3. The number of nitrogens with zero attached hydrogens (tertiary/aromatic N) is 1. The molecular formula is C15H26N2O. The molecule has 1 aliphatic rings. The van der Waals surface area contributed by atoms with Gasteiger partial charge >= 0.3 is 0 Å². The van der Waals surface area contributed by atoms with E-state index in [2.05, 4.69) is 37.8 Å². The van der Waals surface area contributed by atoms with E-state index < -0.39 is 0 Å². The molecule has 1 heterocycles. The second kappa shape index (κ2) is 5.89. The molecule has 0 aliphatic heterocycles. The third-order valence-corrected chi connectivity index (χ3v) is 4.03. The van der Waals surface area contributed by atoms with Crippen molar-refractivity contribution in [1.82, 2.24) is 4.90 Å². The monoisotopic (exact) mass is 250 g/mol. The largest absolute Gasteiger partial charge is 0.464 e. The Morgan fingerprint density at radius 3 is 2.67 bits per heavy atom. The van der Waals surface area contributed by atoms with Gasteiger partial charge in [-0.25, -0.2) is 0 Å². The van der Waals surface area contributed by atoms with E-state index in [-0.39, 0.29) is 6.04 Å². The van der Waals surface area contributed by atoms with Crippen LogP contribution in [0.15, 0.2) is 16.5 Å². The zero-order chi connectivity index (χ0) is 13.1. The highest BCUT2D eigenvalue weighted by molar-refractivity contribution is 5.19. The highest BCUT2D eigenvalue weighted by Crippen LogP contribution is 2.47. The molecule has 3 heteroatoms. The molecular weight excluding hydrogens is 224 g/mol. The van der Waals surface area contributed by atoms with Crippen molar-refractivity contribution in [3.63, 3.8) is 0 Å². The van der Waals surface area contributed by atoms with Crippen LogP contribution in [0.4, 0.5) is 0 Å². The normalized spacial score (nSPS) is 24.5.